The topological polar surface area (TPSA) is 69.7 Å². The standard InChI is InChI=1S/C21H25O5P/c1-13-10-14(2)20(15(3)11-13)21(23)27(24)9-8-18(22)17-7-6-16(25-4)12-19(17)26-5/h6-7,10-12,27H,8-9H2,1-5H3. The van der Waals surface area contributed by atoms with Gasteiger partial charge in [0.25, 0.3) is 0 Å². The maximum absolute atomic E-state index is 12.6. The summed E-state index contributed by atoms with van der Waals surface area (Å²) in [5, 5.41) is 0. The van der Waals surface area contributed by atoms with Crippen LogP contribution >= 0.6 is 7.80 Å². The molecule has 0 radical (unpaired) electrons. The first-order chi connectivity index (χ1) is 12.8. The fourth-order valence-corrected chi connectivity index (χ4v) is 4.54. The van der Waals surface area contributed by atoms with Crippen LogP contribution in [0.15, 0.2) is 30.3 Å². The maximum atomic E-state index is 12.6. The summed E-state index contributed by atoms with van der Waals surface area (Å²) in [7, 11) is 0.418. The molecule has 0 aliphatic heterocycles. The summed E-state index contributed by atoms with van der Waals surface area (Å²) in [6.45, 7) is 5.64. The van der Waals surface area contributed by atoms with Gasteiger partial charge in [0.2, 0.25) is 5.52 Å². The molecule has 0 fully saturated rings. The third kappa shape index (κ3) is 4.86. The predicted octanol–water partition coefficient (Wildman–Crippen LogP) is 4.60. The second kappa shape index (κ2) is 9.01. The van der Waals surface area contributed by atoms with Crippen molar-refractivity contribution in [2.75, 3.05) is 20.4 Å². The van der Waals surface area contributed by atoms with Gasteiger partial charge in [0.15, 0.2) is 5.78 Å². The molecule has 0 amide bonds. The predicted molar refractivity (Wildman–Crippen MR) is 107 cm³/mol. The zero-order valence-corrected chi connectivity index (χ0v) is 17.3. The van der Waals surface area contributed by atoms with Gasteiger partial charge in [-0.1, -0.05) is 17.7 Å². The maximum Gasteiger partial charge on any atom is 0.219 e. The van der Waals surface area contributed by atoms with Crippen LogP contribution in [0.1, 0.15) is 43.8 Å². The van der Waals surface area contributed by atoms with E-state index in [1.165, 1.54) is 14.2 Å². The molecular weight excluding hydrogens is 363 g/mol. The van der Waals surface area contributed by atoms with Crippen LogP contribution in [0.2, 0.25) is 0 Å². The largest absolute Gasteiger partial charge is 0.497 e. The Morgan fingerprint density at radius 1 is 0.963 bits per heavy atom. The fraction of sp³-hybridized carbons (Fsp3) is 0.333. The third-order valence-corrected chi connectivity index (χ3v) is 5.91. The van der Waals surface area contributed by atoms with Crippen molar-refractivity contribution in [3.8, 4) is 11.5 Å². The number of hydrogen-bond donors (Lipinski definition) is 0. The number of aryl methyl sites for hydroxylation is 3. The molecule has 6 heteroatoms. The van der Waals surface area contributed by atoms with Gasteiger partial charge in [-0.2, -0.15) is 0 Å². The number of ketones is 1. The minimum Gasteiger partial charge on any atom is -0.497 e. The van der Waals surface area contributed by atoms with Crippen molar-refractivity contribution in [3.05, 3.63) is 58.1 Å². The molecule has 0 aliphatic carbocycles. The first kappa shape index (κ1) is 20.9. The van der Waals surface area contributed by atoms with Gasteiger partial charge in [0, 0.05) is 24.2 Å². The van der Waals surface area contributed by atoms with Gasteiger partial charge >= 0.3 is 0 Å². The van der Waals surface area contributed by atoms with Crippen molar-refractivity contribution in [2.45, 2.75) is 27.2 Å². The molecule has 2 aromatic carbocycles. The molecule has 0 spiro atoms. The van der Waals surface area contributed by atoms with Crippen molar-refractivity contribution in [3.63, 3.8) is 0 Å². The number of methoxy groups -OCH3 is 2. The lowest BCUT2D eigenvalue weighted by Gasteiger charge is -2.11. The van der Waals surface area contributed by atoms with E-state index < -0.39 is 7.80 Å². The Morgan fingerprint density at radius 3 is 2.15 bits per heavy atom. The molecule has 0 saturated carbocycles. The van der Waals surface area contributed by atoms with Crippen molar-refractivity contribution in [2.24, 2.45) is 0 Å². The molecular formula is C21H25O5P. The van der Waals surface area contributed by atoms with Crippen molar-refractivity contribution < 1.29 is 23.6 Å². The Hall–Kier alpha value is -2.39. The van der Waals surface area contributed by atoms with E-state index in [0.29, 0.717) is 22.6 Å². The van der Waals surface area contributed by atoms with Gasteiger partial charge < -0.3 is 14.0 Å². The molecule has 0 N–H and O–H groups in total. The van der Waals surface area contributed by atoms with Gasteiger partial charge in [-0.3, -0.25) is 9.59 Å². The van der Waals surface area contributed by atoms with Crippen LogP contribution in [0.3, 0.4) is 0 Å². The summed E-state index contributed by atoms with van der Waals surface area (Å²) in [5.74, 6) is 0.769. The zero-order chi connectivity index (χ0) is 20.1. The van der Waals surface area contributed by atoms with E-state index in [1.807, 2.05) is 32.9 Å². The number of carbonyl (C=O) groups excluding carboxylic acids is 2. The minimum atomic E-state index is -2.59. The lowest BCUT2D eigenvalue weighted by molar-refractivity contribution is 0.0986. The Labute approximate surface area is 160 Å². The molecule has 1 unspecified atom stereocenters. The molecule has 0 aromatic heterocycles. The fourth-order valence-electron chi connectivity index (χ4n) is 3.18. The summed E-state index contributed by atoms with van der Waals surface area (Å²) >= 11 is 0. The van der Waals surface area contributed by atoms with Crippen molar-refractivity contribution >= 4 is 19.1 Å². The molecule has 0 bridgehead atoms. The average Bonchev–Trinajstić information content (AvgIpc) is 2.64. The first-order valence-corrected chi connectivity index (χ1v) is 10.3. The Morgan fingerprint density at radius 2 is 1.59 bits per heavy atom. The van der Waals surface area contributed by atoms with Gasteiger partial charge in [0.1, 0.15) is 19.3 Å². The highest BCUT2D eigenvalue weighted by Crippen LogP contribution is 2.33. The van der Waals surface area contributed by atoms with Crippen LogP contribution in [0, 0.1) is 20.8 Å². The van der Waals surface area contributed by atoms with E-state index in [0.717, 1.165) is 16.7 Å². The summed E-state index contributed by atoms with van der Waals surface area (Å²) in [4.78, 5) is 25.1. The molecule has 5 nitrogen and oxygen atoms in total. The number of benzene rings is 2. The molecule has 0 saturated heterocycles. The molecule has 1 atom stereocenters. The second-order valence-electron chi connectivity index (χ2n) is 6.52. The summed E-state index contributed by atoms with van der Waals surface area (Å²) < 4.78 is 22.9. The van der Waals surface area contributed by atoms with Gasteiger partial charge in [-0.25, -0.2) is 0 Å². The van der Waals surface area contributed by atoms with Gasteiger partial charge in [-0.15, -0.1) is 0 Å². The quantitative estimate of drug-likeness (QED) is 0.488. The number of Topliss-reactive ketones (excluding diaryl/α,β-unsaturated/α-hetero) is 1. The van der Waals surface area contributed by atoms with E-state index >= 15 is 0 Å². The van der Waals surface area contributed by atoms with Gasteiger partial charge in [-0.05, 0) is 44.0 Å². The number of hydrogen-bond acceptors (Lipinski definition) is 5. The van der Waals surface area contributed by atoms with E-state index in [4.69, 9.17) is 9.47 Å². The van der Waals surface area contributed by atoms with E-state index in [-0.39, 0.29) is 23.9 Å². The van der Waals surface area contributed by atoms with Crippen LogP contribution in [0.4, 0.5) is 0 Å². The average molecular weight is 388 g/mol. The van der Waals surface area contributed by atoms with E-state index in [1.54, 1.807) is 18.2 Å². The highest BCUT2D eigenvalue weighted by Gasteiger charge is 2.21. The summed E-state index contributed by atoms with van der Waals surface area (Å²) in [6.07, 6.45) is 0.0699. The smallest absolute Gasteiger partial charge is 0.219 e. The highest BCUT2D eigenvalue weighted by atomic mass is 31.1. The summed E-state index contributed by atoms with van der Waals surface area (Å²) in [6, 6.07) is 8.72. The minimum absolute atomic E-state index is 0.0240. The normalized spacial score (nSPS) is 11.7. The molecule has 2 aromatic rings. The Bertz CT molecular complexity index is 878. The van der Waals surface area contributed by atoms with Crippen molar-refractivity contribution in [1.82, 2.24) is 0 Å². The number of rotatable bonds is 8. The third-order valence-electron chi connectivity index (χ3n) is 4.45. The van der Waals surface area contributed by atoms with Crippen LogP contribution in [-0.4, -0.2) is 31.7 Å². The second-order valence-corrected chi connectivity index (χ2v) is 8.32. The molecule has 27 heavy (non-hydrogen) atoms. The molecule has 144 valence electrons. The number of carbonyl (C=O) groups is 2. The lowest BCUT2D eigenvalue weighted by Crippen LogP contribution is -2.07. The number of ether oxygens (including phenoxy) is 2. The highest BCUT2D eigenvalue weighted by molar-refractivity contribution is 7.64. The Balaban J connectivity index is 2.12. The van der Waals surface area contributed by atoms with Crippen molar-refractivity contribution in [1.29, 1.82) is 0 Å². The summed E-state index contributed by atoms with van der Waals surface area (Å²) in [5.41, 5.74) is 3.24. The first-order valence-electron chi connectivity index (χ1n) is 8.69. The molecule has 0 heterocycles. The monoisotopic (exact) mass is 388 g/mol. The van der Waals surface area contributed by atoms with Gasteiger partial charge in [0.05, 0.1) is 19.8 Å². The van der Waals surface area contributed by atoms with Crippen LogP contribution in [0.5, 0.6) is 11.5 Å². The SMILES string of the molecule is COc1ccc(C(=O)CC[PH](=O)C(=O)c2c(C)cc(C)cc2C)c(OC)c1. The zero-order valence-electron chi connectivity index (χ0n) is 16.3. The van der Waals surface area contributed by atoms with E-state index in [9.17, 15) is 14.2 Å². The van der Waals surface area contributed by atoms with E-state index in [2.05, 4.69) is 0 Å². The Kier molecular flexibility index (Phi) is 6.98. The molecule has 0 aliphatic rings. The van der Waals surface area contributed by atoms with Crippen LogP contribution in [0.25, 0.3) is 0 Å². The molecule has 2 rings (SSSR count). The van der Waals surface area contributed by atoms with Crippen LogP contribution < -0.4 is 9.47 Å². The van der Waals surface area contributed by atoms with Crippen LogP contribution in [-0.2, 0) is 4.57 Å². The lowest BCUT2D eigenvalue weighted by atomic mass is 10.0.